The number of carbonyl (C=O) groups is 1. The highest BCUT2D eigenvalue weighted by Gasteiger charge is 2.11. The molecule has 3 aromatic rings. The lowest BCUT2D eigenvalue weighted by atomic mass is 10.0. The normalized spacial score (nSPS) is 10.9. The molecule has 0 spiro atoms. The predicted molar refractivity (Wildman–Crippen MR) is 101 cm³/mol. The number of hydrogen-bond acceptors (Lipinski definition) is 4. The van der Waals surface area contributed by atoms with E-state index >= 15 is 0 Å². The molecule has 1 aromatic heterocycles. The Morgan fingerprint density at radius 3 is 2.56 bits per heavy atom. The van der Waals surface area contributed by atoms with Gasteiger partial charge in [0.25, 0.3) is 5.91 Å². The Bertz CT molecular complexity index is 854. The van der Waals surface area contributed by atoms with Gasteiger partial charge in [0.1, 0.15) is 0 Å². The minimum Gasteiger partial charge on any atom is -0.399 e. The van der Waals surface area contributed by atoms with Crippen molar-refractivity contribution in [3.63, 3.8) is 0 Å². The number of anilines is 1. The van der Waals surface area contributed by atoms with Gasteiger partial charge >= 0.3 is 0 Å². The molecule has 6 N–H and O–H groups in total. The molecule has 1 heterocycles. The lowest BCUT2D eigenvalue weighted by molar-refractivity contribution is 0.0944. The van der Waals surface area contributed by atoms with Crippen LogP contribution in [0.3, 0.4) is 0 Å². The van der Waals surface area contributed by atoms with Gasteiger partial charge in [-0.15, -0.1) is 0 Å². The van der Waals surface area contributed by atoms with Crippen LogP contribution in [0.4, 0.5) is 5.69 Å². The van der Waals surface area contributed by atoms with Gasteiger partial charge in [-0.05, 0) is 54.8 Å². The van der Waals surface area contributed by atoms with Crippen molar-refractivity contribution < 1.29 is 4.79 Å². The average molecular weight is 337 g/mol. The Hall–Kier alpha value is -2.86. The van der Waals surface area contributed by atoms with Gasteiger partial charge in [0.15, 0.2) is 5.82 Å². The fourth-order valence-electron chi connectivity index (χ4n) is 2.70. The van der Waals surface area contributed by atoms with E-state index in [2.05, 4.69) is 15.3 Å². The van der Waals surface area contributed by atoms with Crippen LogP contribution in [-0.4, -0.2) is 29.0 Å². The minimum atomic E-state index is -0.182. The van der Waals surface area contributed by atoms with Crippen molar-refractivity contribution >= 4 is 22.6 Å². The third-order valence-corrected chi connectivity index (χ3v) is 4.11. The predicted octanol–water partition coefficient (Wildman–Crippen LogP) is 2.67. The molecule has 0 bridgehead atoms. The average Bonchev–Trinajstić information content (AvgIpc) is 3.05. The molecule has 130 valence electrons. The van der Waals surface area contributed by atoms with E-state index in [-0.39, 0.29) is 5.91 Å². The molecular weight excluding hydrogens is 314 g/mol. The number of nitrogens with two attached hydrogens (primary N) is 2. The second-order valence-corrected chi connectivity index (χ2v) is 6.04. The van der Waals surface area contributed by atoms with E-state index in [4.69, 9.17) is 11.5 Å². The third kappa shape index (κ3) is 4.16. The summed E-state index contributed by atoms with van der Waals surface area (Å²) in [4.78, 5) is 19.7. The van der Waals surface area contributed by atoms with Crippen LogP contribution in [0.5, 0.6) is 0 Å². The third-order valence-electron chi connectivity index (χ3n) is 4.11. The van der Waals surface area contributed by atoms with Gasteiger partial charge in [0, 0.05) is 12.2 Å². The van der Waals surface area contributed by atoms with Gasteiger partial charge in [0.2, 0.25) is 0 Å². The first kappa shape index (κ1) is 17.0. The van der Waals surface area contributed by atoms with Crippen molar-refractivity contribution in [3.8, 4) is 11.1 Å². The number of nitrogens with one attached hydrogen (secondary N) is 2. The fourth-order valence-corrected chi connectivity index (χ4v) is 2.70. The van der Waals surface area contributed by atoms with Gasteiger partial charge < -0.3 is 21.8 Å². The summed E-state index contributed by atoms with van der Waals surface area (Å²) in [5.74, 6) is 0.154. The van der Waals surface area contributed by atoms with E-state index in [9.17, 15) is 4.79 Å². The summed E-state index contributed by atoms with van der Waals surface area (Å²) in [7, 11) is 0. The summed E-state index contributed by atoms with van der Waals surface area (Å²) in [6, 6.07) is 13.6. The molecule has 0 atom stereocenters. The van der Waals surface area contributed by atoms with Gasteiger partial charge in [-0.2, -0.15) is 0 Å². The van der Waals surface area contributed by atoms with Crippen molar-refractivity contribution in [1.82, 2.24) is 15.3 Å². The highest BCUT2D eigenvalue weighted by atomic mass is 16.2. The number of fused-ring (bicyclic) bond motifs is 1. The number of aromatic nitrogens is 2. The molecular formula is C19H23N5O. The van der Waals surface area contributed by atoms with Crippen LogP contribution in [0, 0.1) is 0 Å². The second kappa shape index (κ2) is 7.81. The number of hydrogen-bond donors (Lipinski definition) is 4. The highest BCUT2D eigenvalue weighted by molar-refractivity contribution is 5.94. The van der Waals surface area contributed by atoms with E-state index in [0.29, 0.717) is 18.9 Å². The number of carbonyl (C=O) groups excluding carboxylic acids is 1. The number of benzene rings is 2. The maximum atomic E-state index is 12.2. The molecule has 0 unspecified atom stereocenters. The van der Waals surface area contributed by atoms with E-state index in [1.54, 1.807) is 0 Å². The Kier molecular flexibility index (Phi) is 5.30. The molecule has 6 heteroatoms. The maximum Gasteiger partial charge on any atom is 0.287 e. The standard InChI is InChI=1S/C19H23N5O/c20-10-2-1-3-11-22-19(25)18-23-16-9-6-14(12-17(16)24-18)13-4-7-15(21)8-5-13/h4-9,12H,1-3,10-11,20-21H2,(H,22,25)(H,23,24). The summed E-state index contributed by atoms with van der Waals surface area (Å²) in [5.41, 5.74) is 15.6. The van der Waals surface area contributed by atoms with Crippen LogP contribution in [0.25, 0.3) is 22.2 Å². The van der Waals surface area contributed by atoms with Crippen LogP contribution in [0.1, 0.15) is 29.9 Å². The van der Waals surface area contributed by atoms with Crippen LogP contribution in [0.2, 0.25) is 0 Å². The zero-order valence-electron chi connectivity index (χ0n) is 14.1. The molecule has 0 saturated heterocycles. The van der Waals surface area contributed by atoms with Crippen LogP contribution in [0.15, 0.2) is 42.5 Å². The van der Waals surface area contributed by atoms with Gasteiger partial charge in [0.05, 0.1) is 11.0 Å². The lowest BCUT2D eigenvalue weighted by Gasteiger charge is -2.02. The number of unbranched alkanes of at least 4 members (excludes halogenated alkanes) is 2. The Balaban J connectivity index is 1.71. The van der Waals surface area contributed by atoms with Crippen LogP contribution < -0.4 is 16.8 Å². The topological polar surface area (TPSA) is 110 Å². The zero-order chi connectivity index (χ0) is 17.6. The van der Waals surface area contributed by atoms with Gasteiger partial charge in [-0.25, -0.2) is 4.98 Å². The highest BCUT2D eigenvalue weighted by Crippen LogP contribution is 2.24. The number of aromatic amines is 1. The first-order valence-electron chi connectivity index (χ1n) is 8.51. The molecule has 0 saturated carbocycles. The Labute approximate surface area is 146 Å². The zero-order valence-corrected chi connectivity index (χ0v) is 14.1. The largest absolute Gasteiger partial charge is 0.399 e. The molecule has 6 nitrogen and oxygen atoms in total. The molecule has 25 heavy (non-hydrogen) atoms. The number of amides is 1. The van der Waals surface area contributed by atoms with E-state index in [0.717, 1.165) is 47.1 Å². The summed E-state index contributed by atoms with van der Waals surface area (Å²) in [6.45, 7) is 1.32. The molecule has 0 fully saturated rings. The van der Waals surface area contributed by atoms with E-state index in [1.807, 2.05) is 42.5 Å². The number of nitrogen functional groups attached to an aromatic ring is 1. The maximum absolute atomic E-state index is 12.2. The summed E-state index contributed by atoms with van der Waals surface area (Å²) in [6.07, 6.45) is 2.92. The molecule has 2 aromatic carbocycles. The molecule has 1 amide bonds. The first-order valence-corrected chi connectivity index (χ1v) is 8.51. The van der Waals surface area contributed by atoms with Crippen molar-refractivity contribution in [3.05, 3.63) is 48.3 Å². The summed E-state index contributed by atoms with van der Waals surface area (Å²) >= 11 is 0. The van der Waals surface area contributed by atoms with E-state index < -0.39 is 0 Å². The minimum absolute atomic E-state index is 0.182. The Morgan fingerprint density at radius 2 is 1.80 bits per heavy atom. The number of imidazole rings is 1. The van der Waals surface area contributed by atoms with Crippen molar-refractivity contribution in [1.29, 1.82) is 0 Å². The summed E-state index contributed by atoms with van der Waals surface area (Å²) in [5, 5.41) is 2.88. The monoisotopic (exact) mass is 337 g/mol. The molecule has 0 aliphatic rings. The van der Waals surface area contributed by atoms with Crippen molar-refractivity contribution in [2.75, 3.05) is 18.8 Å². The molecule has 0 radical (unpaired) electrons. The van der Waals surface area contributed by atoms with Gasteiger partial charge in [-0.1, -0.05) is 24.6 Å². The van der Waals surface area contributed by atoms with E-state index in [1.165, 1.54) is 0 Å². The summed E-state index contributed by atoms with van der Waals surface area (Å²) < 4.78 is 0. The quantitative estimate of drug-likeness (QED) is 0.392. The number of H-pyrrole nitrogens is 1. The number of nitrogens with zero attached hydrogens (tertiary/aromatic N) is 1. The second-order valence-electron chi connectivity index (χ2n) is 6.04. The Morgan fingerprint density at radius 1 is 1.04 bits per heavy atom. The smallest absolute Gasteiger partial charge is 0.287 e. The molecule has 3 rings (SSSR count). The molecule has 0 aliphatic carbocycles. The van der Waals surface area contributed by atoms with Crippen LogP contribution >= 0.6 is 0 Å². The first-order chi connectivity index (χ1) is 12.2. The van der Waals surface area contributed by atoms with Crippen LogP contribution in [-0.2, 0) is 0 Å². The van der Waals surface area contributed by atoms with Crippen molar-refractivity contribution in [2.45, 2.75) is 19.3 Å². The van der Waals surface area contributed by atoms with Crippen molar-refractivity contribution in [2.24, 2.45) is 5.73 Å². The molecule has 0 aliphatic heterocycles. The fraction of sp³-hybridized carbons (Fsp3) is 0.263. The number of rotatable bonds is 7. The van der Waals surface area contributed by atoms with Gasteiger partial charge in [-0.3, -0.25) is 4.79 Å². The SMILES string of the molecule is NCCCCCNC(=O)c1nc2ccc(-c3ccc(N)cc3)cc2[nH]1. The lowest BCUT2D eigenvalue weighted by Crippen LogP contribution is -2.25.